The number of carboxylic acid groups (broad SMARTS) is 1. The van der Waals surface area contributed by atoms with Gasteiger partial charge >= 0.3 is 11.6 Å². The molecule has 2 rings (SSSR count). The molecule has 2 amide bonds. The molecule has 0 radical (unpaired) electrons. The third-order valence-corrected chi connectivity index (χ3v) is 3.82. The van der Waals surface area contributed by atoms with Crippen LogP contribution in [0.2, 0.25) is 0 Å². The average molecular weight is 376 g/mol. The fraction of sp³-hybridized carbons (Fsp3) is 0.333. The number of aliphatic carboxylic acids is 1. The minimum Gasteiger partial charge on any atom is -0.483 e. The van der Waals surface area contributed by atoms with Crippen LogP contribution < -0.4 is 21.0 Å². The molecule has 0 atom stereocenters. The molecule has 9 heteroatoms. The highest BCUT2D eigenvalue weighted by atomic mass is 16.5. The lowest BCUT2D eigenvalue weighted by atomic mass is 10.0. The minimum atomic E-state index is -1.18. The van der Waals surface area contributed by atoms with E-state index in [0.717, 1.165) is 10.9 Å². The van der Waals surface area contributed by atoms with E-state index in [2.05, 4.69) is 10.6 Å². The van der Waals surface area contributed by atoms with Crippen LogP contribution in [-0.2, 0) is 20.8 Å². The predicted octanol–water partition coefficient (Wildman–Crippen LogP) is 0.360. The van der Waals surface area contributed by atoms with Crippen molar-refractivity contribution in [2.45, 2.75) is 20.3 Å². The van der Waals surface area contributed by atoms with E-state index in [4.69, 9.17) is 14.3 Å². The quantitative estimate of drug-likeness (QED) is 0.566. The Morgan fingerprint density at radius 3 is 2.52 bits per heavy atom. The van der Waals surface area contributed by atoms with Crippen molar-refractivity contribution >= 4 is 28.8 Å². The first-order chi connectivity index (χ1) is 12.8. The van der Waals surface area contributed by atoms with Gasteiger partial charge in [0.1, 0.15) is 17.9 Å². The van der Waals surface area contributed by atoms with Crippen LogP contribution in [0.3, 0.4) is 0 Å². The molecule has 0 bridgehead atoms. The Bertz CT molecular complexity index is 933. The number of amides is 2. The first kappa shape index (κ1) is 20.0. The maximum absolute atomic E-state index is 11.8. The van der Waals surface area contributed by atoms with Gasteiger partial charge in [0.2, 0.25) is 5.91 Å². The summed E-state index contributed by atoms with van der Waals surface area (Å²) in [5.41, 5.74) is 1.41. The minimum absolute atomic E-state index is 0.351. The molecule has 9 nitrogen and oxygen atoms in total. The van der Waals surface area contributed by atoms with E-state index < -0.39 is 30.0 Å². The van der Waals surface area contributed by atoms with Gasteiger partial charge in [-0.1, -0.05) is 6.92 Å². The van der Waals surface area contributed by atoms with Crippen molar-refractivity contribution in [2.24, 2.45) is 0 Å². The van der Waals surface area contributed by atoms with E-state index >= 15 is 0 Å². The summed E-state index contributed by atoms with van der Waals surface area (Å²) >= 11 is 0. The van der Waals surface area contributed by atoms with Gasteiger partial charge in [-0.05, 0) is 31.0 Å². The summed E-state index contributed by atoms with van der Waals surface area (Å²) in [4.78, 5) is 45.2. The maximum Gasteiger partial charge on any atom is 0.336 e. The summed E-state index contributed by atoms with van der Waals surface area (Å²) in [6, 6.07) is 4.89. The molecule has 1 aromatic carbocycles. The van der Waals surface area contributed by atoms with E-state index in [-0.39, 0.29) is 13.2 Å². The number of carboxylic acids is 1. The molecule has 0 aliphatic carbocycles. The number of benzene rings is 1. The third kappa shape index (κ3) is 5.30. The fourth-order valence-corrected chi connectivity index (χ4v) is 2.47. The number of hydrogen-bond acceptors (Lipinski definition) is 6. The van der Waals surface area contributed by atoms with Crippen LogP contribution in [0.15, 0.2) is 27.4 Å². The molecular formula is C18H20N2O7. The van der Waals surface area contributed by atoms with E-state index in [1.165, 1.54) is 6.07 Å². The zero-order chi connectivity index (χ0) is 20.0. The van der Waals surface area contributed by atoms with Crippen LogP contribution in [0.1, 0.15) is 18.1 Å². The van der Waals surface area contributed by atoms with Gasteiger partial charge in [-0.25, -0.2) is 4.79 Å². The number of rotatable bonds is 8. The monoisotopic (exact) mass is 376 g/mol. The zero-order valence-corrected chi connectivity index (χ0v) is 15.0. The number of aryl methyl sites for hydroxylation is 2. The van der Waals surface area contributed by atoms with E-state index in [0.29, 0.717) is 23.3 Å². The zero-order valence-electron chi connectivity index (χ0n) is 15.0. The van der Waals surface area contributed by atoms with Crippen molar-refractivity contribution < 1.29 is 28.6 Å². The van der Waals surface area contributed by atoms with Crippen LogP contribution in [0.25, 0.3) is 11.0 Å². The highest BCUT2D eigenvalue weighted by molar-refractivity contribution is 5.87. The average Bonchev–Trinajstić information content (AvgIpc) is 2.63. The van der Waals surface area contributed by atoms with Crippen LogP contribution in [-0.4, -0.2) is 42.6 Å². The van der Waals surface area contributed by atoms with Crippen LogP contribution in [0.4, 0.5) is 0 Å². The number of fused-ring (bicyclic) bond motifs is 1. The summed E-state index contributed by atoms with van der Waals surface area (Å²) < 4.78 is 10.7. The van der Waals surface area contributed by atoms with Gasteiger partial charge in [0, 0.05) is 17.0 Å². The van der Waals surface area contributed by atoms with Gasteiger partial charge < -0.3 is 24.9 Å². The van der Waals surface area contributed by atoms with Crippen molar-refractivity contribution in [1.29, 1.82) is 0 Å². The van der Waals surface area contributed by atoms with E-state index in [9.17, 15) is 19.2 Å². The lowest BCUT2D eigenvalue weighted by molar-refractivity contribution is -0.137. The predicted molar refractivity (Wildman–Crippen MR) is 95.7 cm³/mol. The largest absolute Gasteiger partial charge is 0.483 e. The molecule has 2 aromatic rings. The Hall–Kier alpha value is -3.36. The van der Waals surface area contributed by atoms with E-state index in [1.54, 1.807) is 19.1 Å². The molecule has 0 fully saturated rings. The summed E-state index contributed by atoms with van der Waals surface area (Å²) in [7, 11) is 0. The molecule has 1 aromatic heterocycles. The summed E-state index contributed by atoms with van der Waals surface area (Å²) in [6.07, 6.45) is 0.675. The topological polar surface area (TPSA) is 135 Å². The van der Waals surface area contributed by atoms with Gasteiger partial charge in [-0.2, -0.15) is 0 Å². The maximum atomic E-state index is 11.8. The van der Waals surface area contributed by atoms with Gasteiger partial charge in [-0.3, -0.25) is 14.4 Å². The molecule has 0 saturated heterocycles. The van der Waals surface area contributed by atoms with Gasteiger partial charge in [0.05, 0.1) is 6.54 Å². The summed E-state index contributed by atoms with van der Waals surface area (Å²) in [6.45, 7) is 2.42. The molecule has 0 spiro atoms. The highest BCUT2D eigenvalue weighted by Gasteiger charge is 2.13. The summed E-state index contributed by atoms with van der Waals surface area (Å²) in [5.74, 6) is -1.97. The molecule has 0 saturated carbocycles. The molecular weight excluding hydrogens is 356 g/mol. The second-order valence-electron chi connectivity index (χ2n) is 5.75. The molecule has 0 aliphatic heterocycles. The smallest absolute Gasteiger partial charge is 0.336 e. The number of hydrogen-bond donors (Lipinski definition) is 3. The number of ether oxygens (including phenoxy) is 1. The van der Waals surface area contributed by atoms with Crippen LogP contribution in [0, 0.1) is 6.92 Å². The van der Waals surface area contributed by atoms with Crippen LogP contribution in [0.5, 0.6) is 5.75 Å². The second kappa shape index (κ2) is 8.84. The van der Waals surface area contributed by atoms with Crippen molar-refractivity contribution in [2.75, 3.05) is 19.7 Å². The Balaban J connectivity index is 1.99. The standard InChI is InChI=1S/C18H20N2O7/c1-3-11-6-17(25)27-18-10(2)13(5-4-12(11)18)26-9-15(22)19-7-14(21)20-8-16(23)24/h4-6H,3,7-9H2,1-2H3,(H,19,22)(H,20,21)(H,23,24). The Morgan fingerprint density at radius 1 is 1.15 bits per heavy atom. The first-order valence-electron chi connectivity index (χ1n) is 8.26. The first-order valence-corrected chi connectivity index (χ1v) is 8.26. The normalized spacial score (nSPS) is 10.4. The Kier molecular flexibility index (Phi) is 6.53. The molecule has 0 aliphatic rings. The third-order valence-electron chi connectivity index (χ3n) is 3.82. The molecule has 1 heterocycles. The lowest BCUT2D eigenvalue weighted by Gasteiger charge is -2.12. The van der Waals surface area contributed by atoms with Gasteiger partial charge in [0.15, 0.2) is 6.61 Å². The van der Waals surface area contributed by atoms with Crippen molar-refractivity contribution in [3.05, 3.63) is 39.7 Å². The van der Waals surface area contributed by atoms with Crippen molar-refractivity contribution in [3.63, 3.8) is 0 Å². The molecule has 144 valence electrons. The number of nitrogens with one attached hydrogen (secondary N) is 2. The molecule has 27 heavy (non-hydrogen) atoms. The number of carbonyl (C=O) groups is 3. The van der Waals surface area contributed by atoms with Crippen molar-refractivity contribution in [3.8, 4) is 5.75 Å². The lowest BCUT2D eigenvalue weighted by Crippen LogP contribution is -2.40. The molecule has 3 N–H and O–H groups in total. The van der Waals surface area contributed by atoms with Gasteiger partial charge in [-0.15, -0.1) is 0 Å². The second-order valence-corrected chi connectivity index (χ2v) is 5.75. The number of carbonyl (C=O) groups excluding carboxylic acids is 2. The Labute approximate surface area is 154 Å². The van der Waals surface area contributed by atoms with E-state index in [1.807, 2.05) is 6.92 Å². The highest BCUT2D eigenvalue weighted by Crippen LogP contribution is 2.28. The van der Waals surface area contributed by atoms with Crippen LogP contribution >= 0.6 is 0 Å². The SMILES string of the molecule is CCc1cc(=O)oc2c(C)c(OCC(=O)NCC(=O)NCC(=O)O)ccc12. The van der Waals surface area contributed by atoms with Gasteiger partial charge in [0.25, 0.3) is 5.91 Å². The Morgan fingerprint density at radius 2 is 1.85 bits per heavy atom. The molecule has 0 unspecified atom stereocenters. The summed E-state index contributed by atoms with van der Waals surface area (Å²) in [5, 5.41) is 13.7. The fourth-order valence-electron chi connectivity index (χ4n) is 2.47. The van der Waals surface area contributed by atoms with Crippen molar-refractivity contribution in [1.82, 2.24) is 10.6 Å².